The molecule has 0 aliphatic heterocycles. The molecule has 0 radical (unpaired) electrons. The molecule has 0 atom stereocenters. The Morgan fingerprint density at radius 3 is 2.00 bits per heavy atom. The van der Waals surface area contributed by atoms with Crippen LogP contribution in [0.1, 0.15) is 5.56 Å². The molecular weight excluding hydrogens is 832 g/mol. The number of hydrogen-bond donors (Lipinski definition) is 1. The van der Waals surface area contributed by atoms with Gasteiger partial charge in [-0.05, 0) is 64.7 Å². The summed E-state index contributed by atoms with van der Waals surface area (Å²) in [4.78, 5) is 9.79. The van der Waals surface area contributed by atoms with Crippen molar-refractivity contribution in [1.82, 2.24) is 14.5 Å². The van der Waals surface area contributed by atoms with Crippen molar-refractivity contribution in [1.29, 1.82) is 5.26 Å². The molecule has 0 spiro atoms. The molecule has 3 heterocycles. The van der Waals surface area contributed by atoms with Crippen molar-refractivity contribution in [2.75, 3.05) is 0 Å². The quantitative estimate of drug-likeness (QED) is 0.169. The summed E-state index contributed by atoms with van der Waals surface area (Å²) in [6.45, 7) is 0. The number of nitrogens with zero attached hydrogens (tertiary/aromatic N) is 4. The first-order valence-electron chi connectivity index (χ1n) is 17.0. The maximum atomic E-state index is 10.8. The molecule has 254 valence electrons. The standard InChI is InChI=1S/C47H29N4O.Pt/c48-30-31-24-35(26-36(25-31)43-28-34(32-12-3-1-4-13-32)29-44(50-43)41-17-8-10-21-46(41)52)42-27-33(22-23-49-42)38-18-11-19-40-39-16-7-9-20-45(39)51(47(38)40)37-14-5-2-6-15-37;/h1-25,27-29,52H;/q-1;. The van der Waals surface area contributed by atoms with Gasteiger partial charge in [0.05, 0.1) is 22.8 Å². The predicted octanol–water partition coefficient (Wildman–Crippen LogP) is 11.3. The Bertz CT molecular complexity index is 2820. The van der Waals surface area contributed by atoms with Crippen LogP contribution in [-0.4, -0.2) is 19.6 Å². The minimum absolute atomic E-state index is 0. The molecule has 1 N–H and O–H groups in total. The number of phenolic OH excluding ortho intramolecular Hbond substituents is 1. The van der Waals surface area contributed by atoms with Gasteiger partial charge in [-0.1, -0.05) is 120 Å². The van der Waals surface area contributed by atoms with E-state index in [1.807, 2.05) is 79.0 Å². The molecule has 9 rings (SSSR count). The van der Waals surface area contributed by atoms with Gasteiger partial charge in [0.1, 0.15) is 5.75 Å². The number of benzene rings is 6. The number of nitriles is 1. The van der Waals surface area contributed by atoms with Crippen molar-refractivity contribution in [2.24, 2.45) is 0 Å². The van der Waals surface area contributed by atoms with Gasteiger partial charge in [0.25, 0.3) is 0 Å². The average molecular weight is 861 g/mol. The molecule has 0 saturated heterocycles. The van der Waals surface area contributed by atoms with E-state index in [1.54, 1.807) is 18.2 Å². The van der Waals surface area contributed by atoms with Gasteiger partial charge >= 0.3 is 0 Å². The first-order chi connectivity index (χ1) is 25.6. The van der Waals surface area contributed by atoms with Crippen LogP contribution >= 0.6 is 0 Å². The van der Waals surface area contributed by atoms with Gasteiger partial charge in [-0.2, -0.15) is 5.26 Å². The fourth-order valence-corrected chi connectivity index (χ4v) is 7.05. The summed E-state index contributed by atoms with van der Waals surface area (Å²) < 4.78 is 2.33. The molecule has 0 saturated carbocycles. The monoisotopic (exact) mass is 860 g/mol. The van der Waals surface area contributed by atoms with Gasteiger partial charge < -0.3 is 9.67 Å². The molecule has 0 amide bonds. The molecule has 0 aliphatic rings. The number of rotatable bonds is 6. The Hall–Kier alpha value is -6.60. The topological polar surface area (TPSA) is 74.7 Å². The summed E-state index contributed by atoms with van der Waals surface area (Å²) in [6.07, 6.45) is 1.82. The third-order valence-electron chi connectivity index (χ3n) is 9.44. The fraction of sp³-hybridized carbons (Fsp3) is 0. The number of hydrogen-bond acceptors (Lipinski definition) is 4. The summed E-state index contributed by atoms with van der Waals surface area (Å²) in [5, 5.41) is 23.3. The maximum Gasteiger partial charge on any atom is 0.124 e. The van der Waals surface area contributed by atoms with E-state index in [0.29, 0.717) is 39.3 Å². The minimum Gasteiger partial charge on any atom is -0.507 e. The van der Waals surface area contributed by atoms with Crippen molar-refractivity contribution >= 4 is 21.8 Å². The molecule has 0 bridgehead atoms. The van der Waals surface area contributed by atoms with E-state index in [2.05, 4.69) is 89.5 Å². The second-order valence-corrected chi connectivity index (χ2v) is 12.6. The van der Waals surface area contributed by atoms with Crippen molar-refractivity contribution in [3.8, 4) is 73.5 Å². The Balaban J connectivity index is 0.00000400. The van der Waals surface area contributed by atoms with Gasteiger partial charge in [0.2, 0.25) is 0 Å². The molecule has 0 unspecified atom stereocenters. The molecule has 6 heteroatoms. The summed E-state index contributed by atoms with van der Waals surface area (Å²) in [7, 11) is 0. The summed E-state index contributed by atoms with van der Waals surface area (Å²) in [5.74, 6) is 0.143. The minimum atomic E-state index is 0. The molecule has 6 aromatic carbocycles. The third kappa shape index (κ3) is 6.20. The van der Waals surface area contributed by atoms with Crippen LogP contribution in [-0.2, 0) is 21.1 Å². The molecule has 5 nitrogen and oxygen atoms in total. The third-order valence-corrected chi connectivity index (χ3v) is 9.44. The normalized spacial score (nSPS) is 10.9. The molecule has 0 aliphatic carbocycles. The second kappa shape index (κ2) is 14.2. The Kier molecular flexibility index (Phi) is 8.98. The Morgan fingerprint density at radius 2 is 1.21 bits per heavy atom. The number of aromatic nitrogens is 3. The zero-order chi connectivity index (χ0) is 35.0. The predicted molar refractivity (Wildman–Crippen MR) is 209 cm³/mol. The van der Waals surface area contributed by atoms with Gasteiger partial charge in [-0.3, -0.25) is 9.97 Å². The maximum absolute atomic E-state index is 10.8. The summed E-state index contributed by atoms with van der Waals surface area (Å²) in [5.41, 5.74) is 11.7. The number of pyridine rings is 2. The summed E-state index contributed by atoms with van der Waals surface area (Å²) >= 11 is 0. The van der Waals surface area contributed by atoms with E-state index < -0.39 is 0 Å². The smallest absolute Gasteiger partial charge is 0.124 e. The van der Waals surface area contributed by atoms with E-state index in [9.17, 15) is 10.4 Å². The SMILES string of the molecule is N#Cc1cc(-c2cc(-c3cccc4c5ccccc5n(-c5ccccc5)c34)ccn2)[c-]c(-c2cc(-c3ccccc3)cc(-c3ccccc3O)n2)c1.[Pt]. The number of fused-ring (bicyclic) bond motifs is 3. The molecular formula is C47H29N4OPt-. The number of phenols is 1. The molecule has 9 aromatic rings. The van der Waals surface area contributed by atoms with Crippen LogP contribution in [0.5, 0.6) is 5.75 Å². The summed E-state index contributed by atoms with van der Waals surface area (Å²) in [6, 6.07) is 60.2. The molecule has 3 aromatic heterocycles. The van der Waals surface area contributed by atoms with Gasteiger partial charge in [-0.15, -0.1) is 18.2 Å². The van der Waals surface area contributed by atoms with Crippen LogP contribution in [0.3, 0.4) is 0 Å². The Morgan fingerprint density at radius 1 is 0.566 bits per heavy atom. The first-order valence-corrected chi connectivity index (χ1v) is 17.0. The van der Waals surface area contributed by atoms with E-state index in [1.165, 1.54) is 10.8 Å². The van der Waals surface area contributed by atoms with Crippen molar-refractivity contribution < 1.29 is 26.2 Å². The van der Waals surface area contributed by atoms with E-state index in [0.717, 1.165) is 39.0 Å². The van der Waals surface area contributed by atoms with E-state index in [4.69, 9.17) is 9.97 Å². The molecule has 53 heavy (non-hydrogen) atoms. The molecule has 0 fully saturated rings. The average Bonchev–Trinajstić information content (AvgIpc) is 3.56. The van der Waals surface area contributed by atoms with E-state index in [-0.39, 0.29) is 26.8 Å². The van der Waals surface area contributed by atoms with Crippen molar-refractivity contribution in [3.63, 3.8) is 0 Å². The largest absolute Gasteiger partial charge is 0.507 e. The van der Waals surface area contributed by atoms with Crippen LogP contribution in [0.2, 0.25) is 0 Å². The Labute approximate surface area is 321 Å². The van der Waals surface area contributed by atoms with Crippen molar-refractivity contribution in [3.05, 3.63) is 182 Å². The van der Waals surface area contributed by atoms with Crippen LogP contribution in [0, 0.1) is 17.4 Å². The fourth-order valence-electron chi connectivity index (χ4n) is 7.05. The van der Waals surface area contributed by atoms with E-state index >= 15 is 0 Å². The van der Waals surface area contributed by atoms with Gasteiger partial charge in [0.15, 0.2) is 0 Å². The van der Waals surface area contributed by atoms with Crippen molar-refractivity contribution in [2.45, 2.75) is 0 Å². The van der Waals surface area contributed by atoms with Crippen LogP contribution in [0.25, 0.3) is 83.5 Å². The zero-order valence-electron chi connectivity index (χ0n) is 28.2. The van der Waals surface area contributed by atoms with Crippen LogP contribution in [0.4, 0.5) is 0 Å². The van der Waals surface area contributed by atoms with Crippen LogP contribution < -0.4 is 0 Å². The second-order valence-electron chi connectivity index (χ2n) is 12.6. The first kappa shape index (κ1) is 33.5. The van der Waals surface area contributed by atoms with Crippen LogP contribution in [0.15, 0.2) is 170 Å². The van der Waals surface area contributed by atoms with Gasteiger partial charge in [0, 0.05) is 66.2 Å². The zero-order valence-corrected chi connectivity index (χ0v) is 30.5. The number of aromatic hydroxyl groups is 1. The number of para-hydroxylation sites is 4. The van der Waals surface area contributed by atoms with Gasteiger partial charge in [-0.25, -0.2) is 0 Å².